The van der Waals surface area contributed by atoms with Crippen molar-refractivity contribution in [2.45, 2.75) is 38.9 Å². The smallest absolute Gasteiger partial charge is 0.494 e. The standard InChI is InChI=1S/C39H33BO4/c1-38(2)39(3,4)44-40(43-38)26-17-21-35-33(23-26)32-22-25(16-20-34(32)42-35)37-30-12-8-6-10-28(30)36(29-11-7-9-13-31(29)37)24-14-18-27(41-5)19-15-24/h6-23H,1-5H3. The van der Waals surface area contributed by atoms with Crippen LogP contribution in [0.1, 0.15) is 27.7 Å². The van der Waals surface area contributed by atoms with Crippen molar-refractivity contribution in [1.29, 1.82) is 0 Å². The van der Waals surface area contributed by atoms with E-state index in [0.717, 1.165) is 44.3 Å². The van der Waals surface area contributed by atoms with Crippen molar-refractivity contribution < 1.29 is 18.5 Å². The number of hydrogen-bond donors (Lipinski definition) is 0. The Labute approximate surface area is 257 Å². The van der Waals surface area contributed by atoms with Crippen LogP contribution in [0.2, 0.25) is 0 Å². The normalized spacial score (nSPS) is 16.0. The number of furan rings is 1. The van der Waals surface area contributed by atoms with Crippen LogP contribution in [0.5, 0.6) is 5.75 Å². The average molecular weight is 577 g/mol. The van der Waals surface area contributed by atoms with Gasteiger partial charge >= 0.3 is 7.12 Å². The molecule has 1 aliphatic heterocycles. The van der Waals surface area contributed by atoms with E-state index in [1.807, 2.05) is 24.3 Å². The molecule has 7 aromatic rings. The van der Waals surface area contributed by atoms with E-state index in [1.165, 1.54) is 32.7 Å². The van der Waals surface area contributed by atoms with E-state index in [2.05, 4.69) is 113 Å². The van der Waals surface area contributed by atoms with Gasteiger partial charge in [0.05, 0.1) is 18.3 Å². The van der Waals surface area contributed by atoms with Gasteiger partial charge in [-0.2, -0.15) is 0 Å². The van der Waals surface area contributed by atoms with Gasteiger partial charge in [-0.3, -0.25) is 0 Å². The van der Waals surface area contributed by atoms with Gasteiger partial charge in [0, 0.05) is 10.8 Å². The van der Waals surface area contributed by atoms with Crippen LogP contribution in [0.3, 0.4) is 0 Å². The SMILES string of the molecule is COc1ccc(-c2c3ccccc3c(-c3ccc4oc5ccc(B6OC(C)(C)C(C)(C)O6)cc5c4c3)c3ccccc23)cc1. The van der Waals surface area contributed by atoms with Gasteiger partial charge in [-0.25, -0.2) is 0 Å². The number of ether oxygens (including phenoxy) is 1. The fourth-order valence-corrected chi connectivity index (χ4v) is 6.58. The van der Waals surface area contributed by atoms with Crippen molar-refractivity contribution in [2.24, 2.45) is 0 Å². The second-order valence-corrected chi connectivity index (χ2v) is 12.7. The summed E-state index contributed by atoms with van der Waals surface area (Å²) in [6, 6.07) is 38.6. The topological polar surface area (TPSA) is 40.8 Å². The van der Waals surface area contributed by atoms with Crippen molar-refractivity contribution in [1.82, 2.24) is 0 Å². The molecule has 0 radical (unpaired) electrons. The van der Waals surface area contributed by atoms with E-state index >= 15 is 0 Å². The summed E-state index contributed by atoms with van der Waals surface area (Å²) >= 11 is 0. The molecule has 0 atom stereocenters. The Morgan fingerprint density at radius 2 is 1.00 bits per heavy atom. The Balaban J connectivity index is 1.34. The molecule has 4 nitrogen and oxygen atoms in total. The molecular weight excluding hydrogens is 543 g/mol. The molecule has 2 heterocycles. The third-order valence-corrected chi connectivity index (χ3v) is 9.62. The van der Waals surface area contributed by atoms with E-state index in [4.69, 9.17) is 18.5 Å². The summed E-state index contributed by atoms with van der Waals surface area (Å²) in [6.07, 6.45) is 0. The van der Waals surface area contributed by atoms with Gasteiger partial charge in [0.25, 0.3) is 0 Å². The van der Waals surface area contributed by atoms with Gasteiger partial charge in [0.15, 0.2) is 0 Å². The van der Waals surface area contributed by atoms with Crippen LogP contribution in [0.15, 0.2) is 114 Å². The van der Waals surface area contributed by atoms with E-state index in [-0.39, 0.29) is 0 Å². The number of fused-ring (bicyclic) bond motifs is 5. The van der Waals surface area contributed by atoms with Gasteiger partial charge < -0.3 is 18.5 Å². The highest BCUT2D eigenvalue weighted by Gasteiger charge is 2.51. The summed E-state index contributed by atoms with van der Waals surface area (Å²) < 4.78 is 24.5. The number of benzene rings is 6. The fourth-order valence-electron chi connectivity index (χ4n) is 6.58. The minimum Gasteiger partial charge on any atom is -0.497 e. The highest BCUT2D eigenvalue weighted by Crippen LogP contribution is 2.45. The summed E-state index contributed by atoms with van der Waals surface area (Å²) in [5.41, 5.74) is 6.64. The summed E-state index contributed by atoms with van der Waals surface area (Å²) in [5.74, 6) is 0.848. The second-order valence-electron chi connectivity index (χ2n) is 12.7. The lowest BCUT2D eigenvalue weighted by atomic mass is 9.78. The maximum absolute atomic E-state index is 6.38. The largest absolute Gasteiger partial charge is 0.497 e. The van der Waals surface area contributed by atoms with Gasteiger partial charge in [0.1, 0.15) is 16.9 Å². The first-order chi connectivity index (χ1) is 21.2. The zero-order valence-corrected chi connectivity index (χ0v) is 25.6. The van der Waals surface area contributed by atoms with Crippen molar-refractivity contribution in [2.75, 3.05) is 7.11 Å². The lowest BCUT2D eigenvalue weighted by Gasteiger charge is -2.32. The van der Waals surface area contributed by atoms with Gasteiger partial charge in [-0.15, -0.1) is 0 Å². The molecule has 6 aromatic carbocycles. The van der Waals surface area contributed by atoms with Crippen LogP contribution >= 0.6 is 0 Å². The lowest BCUT2D eigenvalue weighted by molar-refractivity contribution is 0.00578. The second kappa shape index (κ2) is 9.72. The van der Waals surface area contributed by atoms with Crippen LogP contribution in [0.4, 0.5) is 0 Å². The number of rotatable bonds is 4. The average Bonchev–Trinajstić information content (AvgIpc) is 3.51. The summed E-state index contributed by atoms with van der Waals surface area (Å²) in [4.78, 5) is 0. The van der Waals surface area contributed by atoms with Crippen molar-refractivity contribution >= 4 is 56.1 Å². The minimum atomic E-state index is -0.434. The van der Waals surface area contributed by atoms with Crippen LogP contribution in [-0.4, -0.2) is 25.4 Å². The van der Waals surface area contributed by atoms with Crippen LogP contribution < -0.4 is 10.2 Å². The molecule has 216 valence electrons. The van der Waals surface area contributed by atoms with Gasteiger partial charge in [0.2, 0.25) is 0 Å². The number of hydrogen-bond acceptors (Lipinski definition) is 4. The molecule has 0 aliphatic carbocycles. The zero-order valence-electron chi connectivity index (χ0n) is 25.6. The van der Waals surface area contributed by atoms with E-state index in [0.29, 0.717) is 0 Å². The first-order valence-corrected chi connectivity index (χ1v) is 15.1. The van der Waals surface area contributed by atoms with E-state index in [9.17, 15) is 0 Å². The fraction of sp³-hybridized carbons (Fsp3) is 0.179. The zero-order chi connectivity index (χ0) is 30.2. The van der Waals surface area contributed by atoms with Crippen molar-refractivity contribution in [3.63, 3.8) is 0 Å². The molecule has 0 unspecified atom stereocenters. The van der Waals surface area contributed by atoms with Crippen LogP contribution in [-0.2, 0) is 9.31 Å². The number of methoxy groups -OCH3 is 1. The molecule has 5 heteroatoms. The molecule has 1 saturated heterocycles. The third kappa shape index (κ3) is 4.07. The maximum atomic E-state index is 6.38. The highest BCUT2D eigenvalue weighted by molar-refractivity contribution is 6.62. The summed E-state index contributed by atoms with van der Waals surface area (Å²) in [7, 11) is 1.27. The predicted octanol–water partition coefficient (Wildman–Crippen LogP) is 9.53. The van der Waals surface area contributed by atoms with Gasteiger partial charge in [-0.05, 0) is 107 Å². The predicted molar refractivity (Wildman–Crippen MR) is 182 cm³/mol. The molecule has 0 bridgehead atoms. The van der Waals surface area contributed by atoms with Crippen molar-refractivity contribution in [3.05, 3.63) is 109 Å². The first kappa shape index (κ1) is 27.0. The van der Waals surface area contributed by atoms with Crippen LogP contribution in [0.25, 0.3) is 65.7 Å². The molecule has 1 aliphatic rings. The minimum absolute atomic E-state index is 0.404. The van der Waals surface area contributed by atoms with Crippen molar-refractivity contribution in [3.8, 4) is 28.0 Å². The molecular formula is C39H33BO4. The molecule has 0 spiro atoms. The first-order valence-electron chi connectivity index (χ1n) is 15.1. The van der Waals surface area contributed by atoms with E-state index in [1.54, 1.807) is 7.11 Å². The molecule has 1 aromatic heterocycles. The Bertz CT molecular complexity index is 2150. The molecule has 8 rings (SSSR count). The Hall–Kier alpha value is -4.58. The van der Waals surface area contributed by atoms with Crippen LogP contribution in [0, 0.1) is 0 Å². The Morgan fingerprint density at radius 1 is 0.523 bits per heavy atom. The lowest BCUT2D eigenvalue weighted by Crippen LogP contribution is -2.41. The molecule has 0 amide bonds. The summed E-state index contributed by atoms with van der Waals surface area (Å²) in [6.45, 7) is 8.33. The summed E-state index contributed by atoms with van der Waals surface area (Å²) in [5, 5.41) is 6.98. The monoisotopic (exact) mass is 576 g/mol. The molecule has 1 fully saturated rings. The third-order valence-electron chi connectivity index (χ3n) is 9.62. The molecule has 0 N–H and O–H groups in total. The maximum Gasteiger partial charge on any atom is 0.494 e. The Morgan fingerprint density at radius 3 is 1.55 bits per heavy atom. The van der Waals surface area contributed by atoms with Gasteiger partial charge in [-0.1, -0.05) is 78.9 Å². The quantitative estimate of drug-likeness (QED) is 0.155. The Kier molecular flexibility index (Phi) is 5.96. The molecule has 44 heavy (non-hydrogen) atoms. The highest BCUT2D eigenvalue weighted by atomic mass is 16.7. The molecule has 0 saturated carbocycles. The van der Waals surface area contributed by atoms with E-state index < -0.39 is 18.3 Å².